The van der Waals surface area contributed by atoms with Crippen molar-refractivity contribution in [2.75, 3.05) is 11.4 Å². The number of rotatable bonds is 6. The Balaban J connectivity index is 1.80. The molecule has 3 aromatic rings. The predicted molar refractivity (Wildman–Crippen MR) is 116 cm³/mol. The van der Waals surface area contributed by atoms with Crippen LogP contribution in [0.2, 0.25) is 0 Å². The van der Waals surface area contributed by atoms with E-state index < -0.39 is 10.0 Å². The zero-order chi connectivity index (χ0) is 21.0. The molecule has 0 unspecified atom stereocenters. The molecule has 0 aliphatic heterocycles. The first-order chi connectivity index (χ1) is 13.8. The fourth-order valence-corrected chi connectivity index (χ4v) is 4.30. The molecule has 0 spiro atoms. The predicted octanol–water partition coefficient (Wildman–Crippen LogP) is 4.06. The summed E-state index contributed by atoms with van der Waals surface area (Å²) in [6.07, 6.45) is 0. The summed E-state index contributed by atoms with van der Waals surface area (Å²) in [4.78, 5) is 12.6. The third kappa shape index (κ3) is 4.66. The Hall–Kier alpha value is -3.12. The molecule has 5 nitrogen and oxygen atoms in total. The monoisotopic (exact) mass is 408 g/mol. The highest BCUT2D eigenvalue weighted by Gasteiger charge is 2.23. The molecule has 29 heavy (non-hydrogen) atoms. The van der Waals surface area contributed by atoms with Gasteiger partial charge in [-0.3, -0.25) is 9.10 Å². The van der Waals surface area contributed by atoms with E-state index in [0.717, 1.165) is 16.7 Å². The van der Waals surface area contributed by atoms with E-state index in [1.54, 1.807) is 24.3 Å². The van der Waals surface area contributed by atoms with Gasteiger partial charge in [-0.25, -0.2) is 8.42 Å². The van der Waals surface area contributed by atoms with Crippen LogP contribution in [0.5, 0.6) is 0 Å². The Bertz CT molecular complexity index is 1120. The van der Waals surface area contributed by atoms with E-state index in [0.29, 0.717) is 17.8 Å². The van der Waals surface area contributed by atoms with Gasteiger partial charge in [-0.15, -0.1) is 0 Å². The molecule has 0 atom stereocenters. The number of nitrogens with zero attached hydrogens (tertiary/aromatic N) is 1. The van der Waals surface area contributed by atoms with Gasteiger partial charge in [-0.1, -0.05) is 54.1 Å². The number of carbonyl (C=O) groups is 1. The second kappa shape index (κ2) is 8.49. The summed E-state index contributed by atoms with van der Waals surface area (Å²) in [5.41, 5.74) is 3.88. The minimum atomic E-state index is -3.79. The molecule has 0 heterocycles. The largest absolute Gasteiger partial charge is 0.348 e. The van der Waals surface area contributed by atoms with Crippen molar-refractivity contribution in [2.45, 2.75) is 25.3 Å². The molecule has 1 N–H and O–H groups in total. The minimum Gasteiger partial charge on any atom is -0.348 e. The average molecular weight is 409 g/mol. The SMILES string of the molecule is Cc1ccc(CNC(=O)c2cccc(S(=O)(=O)N(C)c3ccccc3C)c2)cc1. The zero-order valence-electron chi connectivity index (χ0n) is 16.7. The molecule has 3 aromatic carbocycles. The lowest BCUT2D eigenvalue weighted by atomic mass is 10.1. The summed E-state index contributed by atoms with van der Waals surface area (Å²) in [5, 5.41) is 2.84. The Morgan fingerprint density at radius 2 is 1.62 bits per heavy atom. The van der Waals surface area contributed by atoms with Crippen molar-refractivity contribution in [3.05, 3.63) is 95.1 Å². The number of carbonyl (C=O) groups excluding carboxylic acids is 1. The molecule has 0 saturated heterocycles. The number of hydrogen-bond donors (Lipinski definition) is 1. The molecule has 0 saturated carbocycles. The number of aryl methyl sites for hydroxylation is 2. The van der Waals surface area contributed by atoms with Crippen molar-refractivity contribution < 1.29 is 13.2 Å². The maximum Gasteiger partial charge on any atom is 0.264 e. The molecule has 1 amide bonds. The third-order valence-electron chi connectivity index (χ3n) is 4.78. The molecule has 0 aliphatic carbocycles. The fraction of sp³-hybridized carbons (Fsp3) is 0.174. The number of amides is 1. The van der Waals surface area contributed by atoms with Crippen LogP contribution in [0.4, 0.5) is 5.69 Å². The van der Waals surface area contributed by atoms with Crippen LogP contribution in [0.25, 0.3) is 0 Å². The highest BCUT2D eigenvalue weighted by Crippen LogP contribution is 2.25. The second-order valence-electron chi connectivity index (χ2n) is 6.96. The van der Waals surface area contributed by atoms with Crippen molar-refractivity contribution >= 4 is 21.6 Å². The van der Waals surface area contributed by atoms with Crippen molar-refractivity contribution in [1.29, 1.82) is 0 Å². The topological polar surface area (TPSA) is 66.5 Å². The molecule has 0 aromatic heterocycles. The van der Waals surface area contributed by atoms with Gasteiger partial charge in [0.1, 0.15) is 0 Å². The Labute approximate surface area is 172 Å². The molecule has 3 rings (SSSR count). The van der Waals surface area contributed by atoms with Gasteiger partial charge in [0.2, 0.25) is 0 Å². The number of nitrogens with one attached hydrogen (secondary N) is 1. The number of benzene rings is 3. The number of para-hydroxylation sites is 1. The lowest BCUT2D eigenvalue weighted by Gasteiger charge is -2.21. The van der Waals surface area contributed by atoms with Gasteiger partial charge in [0.25, 0.3) is 15.9 Å². The smallest absolute Gasteiger partial charge is 0.264 e. The Kier molecular flexibility index (Phi) is 6.03. The molecule has 0 radical (unpaired) electrons. The Morgan fingerprint density at radius 1 is 0.931 bits per heavy atom. The van der Waals surface area contributed by atoms with Crippen molar-refractivity contribution in [1.82, 2.24) is 5.32 Å². The molecular formula is C23H24N2O3S. The normalized spacial score (nSPS) is 11.1. The van der Waals surface area contributed by atoms with E-state index in [2.05, 4.69) is 5.32 Å². The summed E-state index contributed by atoms with van der Waals surface area (Å²) >= 11 is 0. The van der Waals surface area contributed by atoms with Gasteiger partial charge < -0.3 is 5.32 Å². The van der Waals surface area contributed by atoms with Crippen LogP contribution in [-0.2, 0) is 16.6 Å². The van der Waals surface area contributed by atoms with E-state index >= 15 is 0 Å². The van der Waals surface area contributed by atoms with E-state index in [-0.39, 0.29) is 10.8 Å². The average Bonchev–Trinajstić information content (AvgIpc) is 2.73. The van der Waals surface area contributed by atoms with Crippen molar-refractivity contribution in [3.63, 3.8) is 0 Å². The van der Waals surface area contributed by atoms with Crippen LogP contribution in [0, 0.1) is 13.8 Å². The molecule has 0 aliphatic rings. The first-order valence-electron chi connectivity index (χ1n) is 9.27. The Morgan fingerprint density at radius 3 is 2.31 bits per heavy atom. The summed E-state index contributed by atoms with van der Waals surface area (Å²) in [6, 6.07) is 21.2. The summed E-state index contributed by atoms with van der Waals surface area (Å²) in [6.45, 7) is 4.23. The highest BCUT2D eigenvalue weighted by molar-refractivity contribution is 7.92. The molecular weight excluding hydrogens is 384 g/mol. The maximum atomic E-state index is 13.1. The summed E-state index contributed by atoms with van der Waals surface area (Å²) < 4.78 is 27.4. The lowest BCUT2D eigenvalue weighted by molar-refractivity contribution is 0.0950. The van der Waals surface area contributed by atoms with E-state index in [1.165, 1.54) is 23.5 Å². The molecule has 0 fully saturated rings. The van der Waals surface area contributed by atoms with Crippen LogP contribution in [-0.4, -0.2) is 21.4 Å². The van der Waals surface area contributed by atoms with E-state index in [4.69, 9.17) is 0 Å². The van der Waals surface area contributed by atoms with Crippen LogP contribution in [0.15, 0.2) is 77.7 Å². The highest BCUT2D eigenvalue weighted by atomic mass is 32.2. The quantitative estimate of drug-likeness (QED) is 0.669. The van der Waals surface area contributed by atoms with Gasteiger partial charge in [-0.2, -0.15) is 0 Å². The van der Waals surface area contributed by atoms with Crippen LogP contribution >= 0.6 is 0 Å². The van der Waals surface area contributed by atoms with E-state index in [1.807, 2.05) is 50.2 Å². The first-order valence-corrected chi connectivity index (χ1v) is 10.7. The van der Waals surface area contributed by atoms with Gasteiger partial charge in [0.15, 0.2) is 0 Å². The maximum absolute atomic E-state index is 13.1. The van der Waals surface area contributed by atoms with Gasteiger partial charge >= 0.3 is 0 Å². The lowest BCUT2D eigenvalue weighted by Crippen LogP contribution is -2.28. The van der Waals surface area contributed by atoms with Gasteiger partial charge in [0.05, 0.1) is 10.6 Å². The van der Waals surface area contributed by atoms with Crippen molar-refractivity contribution in [3.8, 4) is 0 Å². The summed E-state index contributed by atoms with van der Waals surface area (Å²) in [7, 11) is -2.27. The summed E-state index contributed by atoms with van der Waals surface area (Å²) in [5.74, 6) is -0.318. The molecule has 150 valence electrons. The standard InChI is InChI=1S/C23H24N2O3S/c1-17-11-13-19(14-12-17)16-24-23(26)20-8-6-9-21(15-20)29(27,28)25(3)22-10-5-4-7-18(22)2/h4-15H,16H2,1-3H3,(H,24,26). The third-order valence-corrected chi connectivity index (χ3v) is 6.55. The zero-order valence-corrected chi connectivity index (χ0v) is 17.5. The minimum absolute atomic E-state index is 0.0752. The first kappa shape index (κ1) is 20.6. The number of sulfonamides is 1. The fourth-order valence-electron chi connectivity index (χ4n) is 2.99. The van der Waals surface area contributed by atoms with Gasteiger partial charge in [0, 0.05) is 19.2 Å². The van der Waals surface area contributed by atoms with E-state index in [9.17, 15) is 13.2 Å². The molecule has 0 bridgehead atoms. The van der Waals surface area contributed by atoms with Crippen LogP contribution in [0.3, 0.4) is 0 Å². The van der Waals surface area contributed by atoms with Gasteiger partial charge in [-0.05, 0) is 49.2 Å². The van der Waals surface area contributed by atoms with Crippen LogP contribution < -0.4 is 9.62 Å². The van der Waals surface area contributed by atoms with Crippen LogP contribution in [0.1, 0.15) is 27.0 Å². The number of anilines is 1. The van der Waals surface area contributed by atoms with Crippen molar-refractivity contribution in [2.24, 2.45) is 0 Å². The molecule has 6 heteroatoms. The number of hydrogen-bond acceptors (Lipinski definition) is 3. The second-order valence-corrected chi connectivity index (χ2v) is 8.92.